The van der Waals surface area contributed by atoms with E-state index in [-0.39, 0.29) is 12.0 Å². The van der Waals surface area contributed by atoms with Crippen molar-refractivity contribution in [2.75, 3.05) is 6.61 Å². The van der Waals surface area contributed by atoms with Crippen LogP contribution in [0.25, 0.3) is 0 Å². The van der Waals surface area contributed by atoms with Gasteiger partial charge in [-0.05, 0) is 37.5 Å². The molecule has 2 rings (SSSR count). The maximum atomic E-state index is 11.5. The van der Waals surface area contributed by atoms with Crippen LogP contribution in [-0.4, -0.2) is 24.2 Å². The van der Waals surface area contributed by atoms with Crippen LogP contribution in [0.4, 0.5) is 0 Å². The zero-order valence-corrected chi connectivity index (χ0v) is 10.7. The van der Waals surface area contributed by atoms with Gasteiger partial charge >= 0.3 is 0 Å². The summed E-state index contributed by atoms with van der Waals surface area (Å²) in [5.74, 6) is 0.542. The molecule has 0 aliphatic heterocycles. The zero-order chi connectivity index (χ0) is 12.5. The zero-order valence-electron chi connectivity index (χ0n) is 10.7. The number of nitrogens with two attached hydrogens (primary N) is 2. The van der Waals surface area contributed by atoms with Gasteiger partial charge in [-0.25, -0.2) is 0 Å². The highest BCUT2D eigenvalue weighted by Crippen LogP contribution is 2.39. The van der Waals surface area contributed by atoms with E-state index in [4.69, 9.17) is 16.2 Å². The molecular formula is C13H24N2O2. The lowest BCUT2D eigenvalue weighted by molar-refractivity contribution is -0.128. The van der Waals surface area contributed by atoms with E-state index in [0.717, 1.165) is 31.6 Å². The molecule has 0 aromatic rings. The highest BCUT2D eigenvalue weighted by molar-refractivity contribution is 5.85. The number of rotatable bonds is 5. The third-order valence-corrected chi connectivity index (χ3v) is 4.21. The van der Waals surface area contributed by atoms with Crippen molar-refractivity contribution >= 4 is 5.91 Å². The minimum Gasteiger partial charge on any atom is -0.376 e. The second-order valence-corrected chi connectivity index (χ2v) is 5.88. The van der Waals surface area contributed by atoms with Crippen LogP contribution in [0.2, 0.25) is 0 Å². The Labute approximate surface area is 103 Å². The van der Waals surface area contributed by atoms with E-state index in [0.29, 0.717) is 6.61 Å². The number of ether oxygens (including phenoxy) is 1. The SMILES string of the molecule is CC1CCCC(OCC(N)(C(N)=O)C2CC2)C1. The number of hydrogen-bond acceptors (Lipinski definition) is 3. The van der Waals surface area contributed by atoms with Crippen LogP contribution in [0.15, 0.2) is 0 Å². The molecule has 0 bridgehead atoms. The summed E-state index contributed by atoms with van der Waals surface area (Å²) in [5.41, 5.74) is 10.6. The highest BCUT2D eigenvalue weighted by Gasteiger charge is 2.47. The van der Waals surface area contributed by atoms with Gasteiger partial charge < -0.3 is 16.2 Å². The average molecular weight is 240 g/mol. The fraction of sp³-hybridized carbons (Fsp3) is 0.923. The summed E-state index contributed by atoms with van der Waals surface area (Å²) >= 11 is 0. The van der Waals surface area contributed by atoms with Crippen LogP contribution in [0.5, 0.6) is 0 Å². The minimum atomic E-state index is -0.930. The molecule has 98 valence electrons. The molecule has 17 heavy (non-hydrogen) atoms. The van der Waals surface area contributed by atoms with E-state index in [1.807, 2.05) is 0 Å². The summed E-state index contributed by atoms with van der Waals surface area (Å²) in [5, 5.41) is 0. The van der Waals surface area contributed by atoms with Crippen molar-refractivity contribution in [1.82, 2.24) is 0 Å². The van der Waals surface area contributed by atoms with Crippen LogP contribution in [0.1, 0.15) is 45.4 Å². The van der Waals surface area contributed by atoms with Gasteiger partial charge in [0.1, 0.15) is 5.54 Å². The lowest BCUT2D eigenvalue weighted by Gasteiger charge is -2.31. The van der Waals surface area contributed by atoms with Gasteiger partial charge in [0, 0.05) is 0 Å². The number of carbonyl (C=O) groups is 1. The van der Waals surface area contributed by atoms with Gasteiger partial charge in [0.15, 0.2) is 0 Å². The van der Waals surface area contributed by atoms with Crippen LogP contribution in [0, 0.1) is 11.8 Å². The normalized spacial score (nSPS) is 33.1. The molecule has 0 aromatic carbocycles. The summed E-state index contributed by atoms with van der Waals surface area (Å²) < 4.78 is 5.86. The summed E-state index contributed by atoms with van der Waals surface area (Å²) in [6.07, 6.45) is 6.94. The third kappa shape index (κ3) is 2.99. The molecule has 1 amide bonds. The van der Waals surface area contributed by atoms with Crippen LogP contribution < -0.4 is 11.5 Å². The van der Waals surface area contributed by atoms with Gasteiger partial charge in [-0.15, -0.1) is 0 Å². The Morgan fingerprint density at radius 2 is 2.06 bits per heavy atom. The third-order valence-electron chi connectivity index (χ3n) is 4.21. The molecule has 0 radical (unpaired) electrons. The molecule has 0 aromatic heterocycles. The standard InChI is InChI=1S/C13H24N2O2/c1-9-3-2-4-11(7-9)17-8-13(15,12(14)16)10-5-6-10/h9-11H,2-8,15H2,1H3,(H2,14,16). The maximum absolute atomic E-state index is 11.5. The lowest BCUT2D eigenvalue weighted by atomic mass is 9.88. The van der Waals surface area contributed by atoms with Crippen LogP contribution in [0.3, 0.4) is 0 Å². The van der Waals surface area contributed by atoms with Crippen LogP contribution in [-0.2, 0) is 9.53 Å². The molecule has 4 heteroatoms. The van der Waals surface area contributed by atoms with Crippen molar-refractivity contribution in [3.05, 3.63) is 0 Å². The molecule has 2 aliphatic carbocycles. The molecule has 4 nitrogen and oxygen atoms in total. The smallest absolute Gasteiger partial charge is 0.240 e. The predicted octanol–water partition coefficient (Wildman–Crippen LogP) is 1.17. The quantitative estimate of drug-likeness (QED) is 0.757. The number of carbonyl (C=O) groups excluding carboxylic acids is 1. The summed E-state index contributed by atoms with van der Waals surface area (Å²) in [6, 6.07) is 0. The van der Waals surface area contributed by atoms with E-state index in [1.165, 1.54) is 12.8 Å². The number of amides is 1. The second-order valence-electron chi connectivity index (χ2n) is 5.88. The molecule has 0 saturated heterocycles. The van der Waals surface area contributed by atoms with Crippen molar-refractivity contribution in [2.24, 2.45) is 23.3 Å². The van der Waals surface area contributed by atoms with E-state index in [9.17, 15) is 4.79 Å². The molecule has 2 saturated carbocycles. The molecule has 2 fully saturated rings. The second kappa shape index (κ2) is 4.94. The van der Waals surface area contributed by atoms with Crippen molar-refractivity contribution in [3.63, 3.8) is 0 Å². The van der Waals surface area contributed by atoms with Gasteiger partial charge in [0.25, 0.3) is 0 Å². The maximum Gasteiger partial charge on any atom is 0.240 e. The fourth-order valence-electron chi connectivity index (χ4n) is 2.77. The Hall–Kier alpha value is -0.610. The van der Waals surface area contributed by atoms with E-state index in [2.05, 4.69) is 6.92 Å². The van der Waals surface area contributed by atoms with E-state index >= 15 is 0 Å². The Bertz CT molecular complexity index is 291. The average Bonchev–Trinajstić information content (AvgIpc) is 3.09. The number of hydrogen-bond donors (Lipinski definition) is 2. The first-order chi connectivity index (χ1) is 8.02. The fourth-order valence-corrected chi connectivity index (χ4v) is 2.77. The molecule has 2 aliphatic rings. The topological polar surface area (TPSA) is 78.3 Å². The largest absolute Gasteiger partial charge is 0.376 e. The molecule has 0 heterocycles. The summed E-state index contributed by atoms with van der Waals surface area (Å²) in [7, 11) is 0. The van der Waals surface area contributed by atoms with Gasteiger partial charge in [0.05, 0.1) is 12.7 Å². The van der Waals surface area contributed by atoms with Gasteiger partial charge in [-0.1, -0.05) is 19.8 Å². The molecule has 3 atom stereocenters. The van der Waals surface area contributed by atoms with Crippen LogP contribution >= 0.6 is 0 Å². The molecule has 4 N–H and O–H groups in total. The number of primary amides is 1. The highest BCUT2D eigenvalue weighted by atomic mass is 16.5. The Morgan fingerprint density at radius 3 is 2.59 bits per heavy atom. The Kier molecular flexibility index (Phi) is 3.73. The van der Waals surface area contributed by atoms with Crippen molar-refractivity contribution in [1.29, 1.82) is 0 Å². The summed E-state index contributed by atoms with van der Waals surface area (Å²) in [4.78, 5) is 11.5. The van der Waals surface area contributed by atoms with Gasteiger partial charge in [-0.3, -0.25) is 4.79 Å². The first-order valence-corrected chi connectivity index (χ1v) is 6.72. The predicted molar refractivity (Wildman–Crippen MR) is 66.2 cm³/mol. The summed E-state index contributed by atoms with van der Waals surface area (Å²) in [6.45, 7) is 2.55. The minimum absolute atomic E-state index is 0.237. The Balaban J connectivity index is 1.85. The van der Waals surface area contributed by atoms with Gasteiger partial charge in [-0.2, -0.15) is 0 Å². The van der Waals surface area contributed by atoms with Crippen molar-refractivity contribution < 1.29 is 9.53 Å². The van der Waals surface area contributed by atoms with E-state index < -0.39 is 11.4 Å². The lowest BCUT2D eigenvalue weighted by Crippen LogP contribution is -2.58. The Morgan fingerprint density at radius 1 is 1.35 bits per heavy atom. The molecular weight excluding hydrogens is 216 g/mol. The van der Waals surface area contributed by atoms with Gasteiger partial charge in [0.2, 0.25) is 5.91 Å². The van der Waals surface area contributed by atoms with Crippen molar-refractivity contribution in [2.45, 2.75) is 57.1 Å². The monoisotopic (exact) mass is 240 g/mol. The van der Waals surface area contributed by atoms with Crippen molar-refractivity contribution in [3.8, 4) is 0 Å². The first-order valence-electron chi connectivity index (χ1n) is 6.72. The van der Waals surface area contributed by atoms with E-state index in [1.54, 1.807) is 0 Å². The molecule has 3 unspecified atom stereocenters. The molecule has 0 spiro atoms. The first kappa shape index (κ1) is 12.8.